The maximum atomic E-state index is 12.8. The van der Waals surface area contributed by atoms with Gasteiger partial charge in [0.05, 0.1) is 5.56 Å². The van der Waals surface area contributed by atoms with Crippen molar-refractivity contribution in [3.63, 3.8) is 0 Å². The molecule has 4 heteroatoms. The first kappa shape index (κ1) is 29.2. The van der Waals surface area contributed by atoms with Gasteiger partial charge in [0.1, 0.15) is 8.07 Å². The van der Waals surface area contributed by atoms with Crippen molar-refractivity contribution in [3.8, 4) is 11.5 Å². The van der Waals surface area contributed by atoms with E-state index in [1.165, 1.54) is 83.5 Å². The quantitative estimate of drug-likeness (QED) is 0.111. The third kappa shape index (κ3) is 9.15. The summed E-state index contributed by atoms with van der Waals surface area (Å²) in [6, 6.07) is 8.02. The van der Waals surface area contributed by atoms with Gasteiger partial charge in [-0.05, 0) is 35.9 Å². The van der Waals surface area contributed by atoms with Gasteiger partial charge in [0, 0.05) is 16.5 Å². The molecular formula is C33H47NO2Si. The summed E-state index contributed by atoms with van der Waals surface area (Å²) in [4.78, 5) is 25.5. The van der Waals surface area contributed by atoms with E-state index in [-0.39, 0.29) is 11.8 Å². The Bertz CT molecular complexity index is 1130. The number of rotatable bonds is 15. The number of nitrogens with one attached hydrogen (secondary N) is 1. The van der Waals surface area contributed by atoms with Gasteiger partial charge in [-0.2, -0.15) is 0 Å². The van der Waals surface area contributed by atoms with Crippen LogP contribution in [0.15, 0.2) is 24.3 Å². The summed E-state index contributed by atoms with van der Waals surface area (Å²) in [6.07, 6.45) is 19.6. The molecule has 2 aromatic carbocycles. The van der Waals surface area contributed by atoms with Crippen LogP contribution in [0.3, 0.4) is 0 Å². The Balaban J connectivity index is 1.48. The molecule has 0 unspecified atom stereocenters. The van der Waals surface area contributed by atoms with Gasteiger partial charge in [-0.15, -0.1) is 5.54 Å². The topological polar surface area (TPSA) is 46.2 Å². The lowest BCUT2D eigenvalue weighted by atomic mass is 9.88. The molecule has 0 bridgehead atoms. The predicted molar refractivity (Wildman–Crippen MR) is 160 cm³/mol. The number of amides is 2. The van der Waals surface area contributed by atoms with Crippen molar-refractivity contribution in [2.45, 2.75) is 123 Å². The molecule has 0 fully saturated rings. The van der Waals surface area contributed by atoms with Gasteiger partial charge >= 0.3 is 0 Å². The molecule has 0 saturated carbocycles. The fourth-order valence-corrected chi connectivity index (χ4v) is 5.75. The molecule has 0 aliphatic carbocycles. The van der Waals surface area contributed by atoms with E-state index in [2.05, 4.69) is 55.5 Å². The van der Waals surface area contributed by atoms with Crippen LogP contribution < -0.4 is 5.32 Å². The minimum Gasteiger partial charge on any atom is -0.288 e. The third-order valence-corrected chi connectivity index (χ3v) is 8.16. The molecule has 3 nitrogen and oxygen atoms in total. The van der Waals surface area contributed by atoms with Gasteiger partial charge in [-0.3, -0.25) is 14.9 Å². The number of carbonyl (C=O) groups excluding carboxylic acids is 2. The lowest BCUT2D eigenvalue weighted by Gasteiger charge is -2.20. The number of hydrogen-bond acceptors (Lipinski definition) is 2. The second-order valence-electron chi connectivity index (χ2n) is 11.9. The summed E-state index contributed by atoms with van der Waals surface area (Å²) < 4.78 is 0. The Morgan fingerprint density at radius 3 is 1.86 bits per heavy atom. The highest BCUT2D eigenvalue weighted by atomic mass is 28.3. The molecule has 0 spiro atoms. The first-order valence-electron chi connectivity index (χ1n) is 14.8. The van der Waals surface area contributed by atoms with E-state index < -0.39 is 8.07 Å². The molecule has 0 atom stereocenters. The number of hydrogen-bond donors (Lipinski definition) is 1. The minimum absolute atomic E-state index is 0.260. The second-order valence-corrected chi connectivity index (χ2v) is 16.6. The van der Waals surface area contributed by atoms with Crippen LogP contribution in [0, 0.1) is 11.5 Å². The van der Waals surface area contributed by atoms with E-state index in [4.69, 9.17) is 0 Å². The lowest BCUT2D eigenvalue weighted by molar-refractivity contribution is 0.0844. The molecule has 37 heavy (non-hydrogen) atoms. The Labute approximate surface area is 226 Å². The zero-order chi connectivity index (χ0) is 26.7. The standard InChI is InChI=1S/C33H47NO2Si/c1-5-6-7-8-9-10-11-12-13-14-15-16-17-18-19-27-20-21-28-24-26(22-23-37(2,3)4)25-29-30(28)31(27)33(36)34-32(29)35/h20-21,24-25H,5-19H2,1-4H3,(H,34,35,36). The summed E-state index contributed by atoms with van der Waals surface area (Å²) in [6.45, 7) is 8.89. The largest absolute Gasteiger partial charge is 0.288 e. The maximum absolute atomic E-state index is 12.8. The molecule has 1 aliphatic rings. The van der Waals surface area contributed by atoms with Crippen molar-refractivity contribution in [2.75, 3.05) is 0 Å². The molecule has 1 aliphatic heterocycles. The second kappa shape index (κ2) is 14.5. The summed E-state index contributed by atoms with van der Waals surface area (Å²) in [5, 5.41) is 4.30. The van der Waals surface area contributed by atoms with Crippen molar-refractivity contribution in [3.05, 3.63) is 46.5 Å². The predicted octanol–water partition coefficient (Wildman–Crippen LogP) is 8.98. The van der Waals surface area contributed by atoms with Gasteiger partial charge in [0.15, 0.2) is 0 Å². The SMILES string of the molecule is CCCCCCCCCCCCCCCCc1ccc2cc(C#C[Si](C)(C)C)cc3c2c1C(=O)NC3=O. The third-order valence-electron chi connectivity index (χ3n) is 7.28. The van der Waals surface area contributed by atoms with Gasteiger partial charge in [-0.1, -0.05) is 128 Å². The monoisotopic (exact) mass is 517 g/mol. The summed E-state index contributed by atoms with van der Waals surface area (Å²) in [5.41, 5.74) is 6.55. The highest BCUT2D eigenvalue weighted by Crippen LogP contribution is 2.31. The summed E-state index contributed by atoms with van der Waals surface area (Å²) in [5.74, 6) is 2.70. The average Bonchev–Trinajstić information content (AvgIpc) is 2.85. The lowest BCUT2D eigenvalue weighted by Crippen LogP contribution is -2.35. The molecule has 1 N–H and O–H groups in total. The van der Waals surface area contributed by atoms with Gasteiger partial charge < -0.3 is 0 Å². The average molecular weight is 518 g/mol. The first-order valence-corrected chi connectivity index (χ1v) is 18.3. The zero-order valence-corrected chi connectivity index (χ0v) is 24.7. The number of carbonyl (C=O) groups is 2. The number of imide groups is 1. The molecular weight excluding hydrogens is 470 g/mol. The number of unbranched alkanes of at least 4 members (excludes halogenated alkanes) is 13. The van der Waals surface area contributed by atoms with E-state index in [1.807, 2.05) is 12.1 Å². The Morgan fingerprint density at radius 1 is 0.730 bits per heavy atom. The van der Waals surface area contributed by atoms with Gasteiger partial charge in [0.2, 0.25) is 0 Å². The van der Waals surface area contributed by atoms with E-state index in [0.717, 1.165) is 34.7 Å². The fourth-order valence-electron chi connectivity index (χ4n) is 5.23. The summed E-state index contributed by atoms with van der Waals surface area (Å²) >= 11 is 0. The van der Waals surface area contributed by atoms with Crippen molar-refractivity contribution in [2.24, 2.45) is 0 Å². The van der Waals surface area contributed by atoms with E-state index in [0.29, 0.717) is 11.1 Å². The molecule has 1 heterocycles. The van der Waals surface area contributed by atoms with Crippen molar-refractivity contribution < 1.29 is 9.59 Å². The van der Waals surface area contributed by atoms with Crippen LogP contribution in [0.1, 0.15) is 129 Å². The maximum Gasteiger partial charge on any atom is 0.259 e. The highest BCUT2D eigenvalue weighted by molar-refractivity contribution is 6.83. The first-order chi connectivity index (χ1) is 17.8. The molecule has 0 saturated heterocycles. The summed E-state index contributed by atoms with van der Waals surface area (Å²) in [7, 11) is -1.53. The van der Waals surface area contributed by atoms with Crippen LogP contribution >= 0.6 is 0 Å². The van der Waals surface area contributed by atoms with Gasteiger partial charge in [0.25, 0.3) is 11.8 Å². The molecule has 2 aromatic rings. The fraction of sp³-hybridized carbons (Fsp3) is 0.576. The van der Waals surface area contributed by atoms with E-state index in [1.54, 1.807) is 0 Å². The Kier molecular flexibility index (Phi) is 11.5. The van der Waals surface area contributed by atoms with E-state index >= 15 is 0 Å². The highest BCUT2D eigenvalue weighted by Gasteiger charge is 2.27. The molecule has 2 amide bonds. The zero-order valence-electron chi connectivity index (χ0n) is 23.7. The number of benzene rings is 2. The van der Waals surface area contributed by atoms with Crippen molar-refractivity contribution >= 4 is 30.7 Å². The van der Waals surface area contributed by atoms with Crippen LogP contribution in [-0.4, -0.2) is 19.9 Å². The van der Waals surface area contributed by atoms with Crippen LogP contribution in [-0.2, 0) is 6.42 Å². The number of aryl methyl sites for hydroxylation is 1. The molecule has 0 radical (unpaired) electrons. The van der Waals surface area contributed by atoms with Crippen molar-refractivity contribution in [1.29, 1.82) is 0 Å². The van der Waals surface area contributed by atoms with Gasteiger partial charge in [-0.25, -0.2) is 0 Å². The normalized spacial score (nSPS) is 13.0. The smallest absolute Gasteiger partial charge is 0.259 e. The van der Waals surface area contributed by atoms with Crippen LogP contribution in [0.2, 0.25) is 19.6 Å². The van der Waals surface area contributed by atoms with Crippen molar-refractivity contribution in [1.82, 2.24) is 5.32 Å². The van der Waals surface area contributed by atoms with E-state index in [9.17, 15) is 9.59 Å². The van der Waals surface area contributed by atoms with Crippen LogP contribution in [0.4, 0.5) is 0 Å². The molecule has 200 valence electrons. The Hall–Kier alpha value is -2.38. The van der Waals surface area contributed by atoms with Crippen LogP contribution in [0.25, 0.3) is 10.8 Å². The minimum atomic E-state index is -1.53. The molecule has 0 aromatic heterocycles. The van der Waals surface area contributed by atoms with Crippen LogP contribution in [0.5, 0.6) is 0 Å². The molecule has 3 rings (SSSR count). The Morgan fingerprint density at radius 2 is 1.30 bits per heavy atom.